The van der Waals surface area contributed by atoms with Crippen LogP contribution in [0.4, 0.5) is 0 Å². The van der Waals surface area contributed by atoms with E-state index in [4.69, 9.17) is 14.2 Å². The van der Waals surface area contributed by atoms with E-state index in [1.54, 1.807) is 0 Å². The predicted molar refractivity (Wildman–Crippen MR) is 86.2 cm³/mol. The highest BCUT2D eigenvalue weighted by Gasteiger charge is 2.31. The van der Waals surface area contributed by atoms with Crippen molar-refractivity contribution in [2.75, 3.05) is 13.2 Å². The van der Waals surface area contributed by atoms with E-state index in [0.717, 1.165) is 36.0 Å². The van der Waals surface area contributed by atoms with E-state index in [2.05, 4.69) is 18.7 Å². The Labute approximate surface area is 132 Å². The van der Waals surface area contributed by atoms with Gasteiger partial charge in [-0.3, -0.25) is 0 Å². The molecule has 3 heteroatoms. The van der Waals surface area contributed by atoms with Crippen LogP contribution in [-0.2, 0) is 9.47 Å². The van der Waals surface area contributed by atoms with Crippen LogP contribution in [-0.4, -0.2) is 19.3 Å². The van der Waals surface area contributed by atoms with Crippen molar-refractivity contribution in [1.82, 2.24) is 0 Å². The minimum absolute atomic E-state index is 0.134. The van der Waals surface area contributed by atoms with Crippen molar-refractivity contribution >= 4 is 6.08 Å². The van der Waals surface area contributed by atoms with E-state index in [1.807, 2.05) is 6.08 Å². The van der Waals surface area contributed by atoms with Crippen LogP contribution in [0, 0.1) is 5.92 Å². The Morgan fingerprint density at radius 3 is 2.82 bits per heavy atom. The van der Waals surface area contributed by atoms with Gasteiger partial charge in [0.15, 0.2) is 11.5 Å². The number of hydrogen-bond acceptors (Lipinski definition) is 3. The van der Waals surface area contributed by atoms with Gasteiger partial charge in [-0.2, -0.15) is 0 Å². The van der Waals surface area contributed by atoms with E-state index in [9.17, 15) is 0 Å². The zero-order valence-electron chi connectivity index (χ0n) is 13.1. The standard InChI is InChI=1S/C19H24O3/c1-2-15-16(8-9-17-19(15)22-17)18(21-12-14-11-20-14)10-13-6-4-3-5-7-13/h2,8-9,13-14,18H,1,3-7,10-12H2. The van der Waals surface area contributed by atoms with Crippen molar-refractivity contribution in [3.05, 3.63) is 29.8 Å². The Morgan fingerprint density at radius 2 is 2.09 bits per heavy atom. The maximum atomic E-state index is 6.25. The van der Waals surface area contributed by atoms with Gasteiger partial charge in [0.05, 0.1) is 19.3 Å². The first-order chi connectivity index (χ1) is 10.8. The molecule has 2 unspecified atom stereocenters. The molecule has 22 heavy (non-hydrogen) atoms. The van der Waals surface area contributed by atoms with Gasteiger partial charge in [-0.25, -0.2) is 0 Å². The molecule has 0 spiro atoms. The molecule has 1 aromatic rings. The first-order valence-corrected chi connectivity index (χ1v) is 8.55. The summed E-state index contributed by atoms with van der Waals surface area (Å²) in [6, 6.07) is 4.21. The lowest BCUT2D eigenvalue weighted by atomic mass is 9.83. The fourth-order valence-corrected chi connectivity index (χ4v) is 3.66. The Morgan fingerprint density at radius 1 is 1.27 bits per heavy atom. The number of ether oxygens (including phenoxy) is 3. The van der Waals surface area contributed by atoms with Crippen LogP contribution in [0.25, 0.3) is 6.08 Å². The quantitative estimate of drug-likeness (QED) is 0.685. The third-order valence-corrected chi connectivity index (χ3v) is 5.07. The normalized spacial score (nSPS) is 24.3. The van der Waals surface area contributed by atoms with E-state index in [0.29, 0.717) is 12.7 Å². The van der Waals surface area contributed by atoms with Gasteiger partial charge in [0, 0.05) is 5.56 Å². The van der Waals surface area contributed by atoms with Gasteiger partial charge in [-0.15, -0.1) is 0 Å². The average Bonchev–Trinajstić information content (AvgIpc) is 3.45. The lowest BCUT2D eigenvalue weighted by Gasteiger charge is -2.27. The van der Waals surface area contributed by atoms with Gasteiger partial charge in [0.25, 0.3) is 0 Å². The molecule has 1 saturated carbocycles. The zero-order valence-corrected chi connectivity index (χ0v) is 13.1. The molecule has 3 aliphatic rings. The van der Waals surface area contributed by atoms with Crippen molar-refractivity contribution in [3.63, 3.8) is 0 Å². The van der Waals surface area contributed by atoms with Crippen molar-refractivity contribution < 1.29 is 14.2 Å². The van der Waals surface area contributed by atoms with Crippen LogP contribution in [0.1, 0.15) is 55.8 Å². The molecular weight excluding hydrogens is 276 g/mol. The second-order valence-corrected chi connectivity index (χ2v) is 6.72. The van der Waals surface area contributed by atoms with E-state index < -0.39 is 0 Å². The monoisotopic (exact) mass is 300 g/mol. The molecular formula is C19H24O3. The van der Waals surface area contributed by atoms with Crippen LogP contribution >= 0.6 is 0 Å². The minimum Gasteiger partial charge on any atom is -0.449 e. The Hall–Kier alpha value is -1.32. The molecule has 3 nitrogen and oxygen atoms in total. The fourth-order valence-electron chi connectivity index (χ4n) is 3.66. The number of epoxide rings is 1. The average molecular weight is 300 g/mol. The molecule has 0 radical (unpaired) electrons. The predicted octanol–water partition coefficient (Wildman–Crippen LogP) is 4.86. The molecule has 2 atom stereocenters. The summed E-state index contributed by atoms with van der Waals surface area (Å²) in [5, 5.41) is 0. The topological polar surface area (TPSA) is 34.3 Å². The number of fused-ring (bicyclic) bond motifs is 1. The van der Waals surface area contributed by atoms with Gasteiger partial charge in [-0.1, -0.05) is 50.8 Å². The summed E-state index contributed by atoms with van der Waals surface area (Å²) in [4.78, 5) is 0. The highest BCUT2D eigenvalue weighted by atomic mass is 16.6. The Kier molecular flexibility index (Phi) is 3.93. The van der Waals surface area contributed by atoms with Crippen LogP contribution in [0.15, 0.2) is 18.7 Å². The smallest absolute Gasteiger partial charge is 0.177 e. The van der Waals surface area contributed by atoms with Gasteiger partial charge in [0.1, 0.15) is 6.10 Å². The largest absolute Gasteiger partial charge is 0.449 e. The van der Waals surface area contributed by atoms with Gasteiger partial charge >= 0.3 is 0 Å². The number of benzene rings is 1. The second-order valence-electron chi connectivity index (χ2n) is 6.72. The van der Waals surface area contributed by atoms with Gasteiger partial charge in [-0.05, 0) is 24.0 Å². The van der Waals surface area contributed by atoms with E-state index in [1.165, 1.54) is 37.7 Å². The highest BCUT2D eigenvalue weighted by molar-refractivity contribution is 5.72. The lowest BCUT2D eigenvalue weighted by Crippen LogP contribution is -2.16. The Bertz CT molecular complexity index is 556. The minimum atomic E-state index is 0.134. The summed E-state index contributed by atoms with van der Waals surface area (Å²) in [7, 11) is 0. The molecule has 1 aromatic carbocycles. The summed E-state index contributed by atoms with van der Waals surface area (Å²) >= 11 is 0. The molecule has 0 amide bonds. The molecule has 0 bridgehead atoms. The molecule has 0 aromatic heterocycles. The molecule has 2 aliphatic heterocycles. The van der Waals surface area contributed by atoms with Gasteiger partial charge < -0.3 is 14.2 Å². The fraction of sp³-hybridized carbons (Fsp3) is 0.579. The summed E-state index contributed by atoms with van der Waals surface area (Å²) in [5.74, 6) is 2.76. The highest BCUT2D eigenvalue weighted by Crippen LogP contribution is 2.51. The molecule has 1 saturated heterocycles. The Balaban J connectivity index is 1.53. The second kappa shape index (κ2) is 6.05. The molecule has 0 N–H and O–H groups in total. The SMILES string of the molecule is C=Cc1c(C(CC2CCCCC2)OCC2CO2)ccc2c1O2. The molecule has 2 heterocycles. The third kappa shape index (κ3) is 3.06. The van der Waals surface area contributed by atoms with Crippen LogP contribution < -0.4 is 4.74 Å². The molecule has 1 aliphatic carbocycles. The first-order valence-electron chi connectivity index (χ1n) is 8.55. The van der Waals surface area contributed by atoms with Gasteiger partial charge in [0.2, 0.25) is 0 Å². The van der Waals surface area contributed by atoms with Crippen molar-refractivity contribution in [2.24, 2.45) is 5.92 Å². The van der Waals surface area contributed by atoms with Crippen LogP contribution in [0.2, 0.25) is 0 Å². The lowest BCUT2D eigenvalue weighted by molar-refractivity contribution is 0.0218. The summed E-state index contributed by atoms with van der Waals surface area (Å²) in [5.41, 5.74) is 2.35. The van der Waals surface area contributed by atoms with Crippen molar-refractivity contribution in [2.45, 2.75) is 50.7 Å². The van der Waals surface area contributed by atoms with E-state index >= 15 is 0 Å². The van der Waals surface area contributed by atoms with Crippen LogP contribution in [0.5, 0.6) is 11.5 Å². The summed E-state index contributed by atoms with van der Waals surface area (Å²) in [6.07, 6.45) is 10.3. The maximum Gasteiger partial charge on any atom is 0.177 e. The number of hydrogen-bond donors (Lipinski definition) is 0. The van der Waals surface area contributed by atoms with Crippen molar-refractivity contribution in [1.29, 1.82) is 0 Å². The summed E-state index contributed by atoms with van der Waals surface area (Å²) in [6.45, 7) is 5.51. The number of rotatable bonds is 7. The van der Waals surface area contributed by atoms with Crippen molar-refractivity contribution in [3.8, 4) is 11.5 Å². The third-order valence-electron chi connectivity index (χ3n) is 5.07. The summed E-state index contributed by atoms with van der Waals surface area (Å²) < 4.78 is 17.1. The maximum absolute atomic E-state index is 6.25. The molecule has 118 valence electrons. The zero-order chi connectivity index (χ0) is 14.9. The van der Waals surface area contributed by atoms with E-state index in [-0.39, 0.29) is 6.10 Å². The van der Waals surface area contributed by atoms with Crippen LogP contribution in [0.3, 0.4) is 0 Å². The molecule has 4 rings (SSSR count). The first kappa shape index (κ1) is 14.3. The molecule has 2 fully saturated rings.